The van der Waals surface area contributed by atoms with Crippen molar-refractivity contribution in [3.05, 3.63) is 22.9 Å². The number of aromatic nitrogens is 1. The van der Waals surface area contributed by atoms with Gasteiger partial charge in [0.2, 0.25) is 0 Å². The van der Waals surface area contributed by atoms with Gasteiger partial charge >= 0.3 is 0 Å². The molecule has 1 aromatic rings. The van der Waals surface area contributed by atoms with E-state index in [0.717, 1.165) is 41.7 Å². The number of hydrogen-bond donors (Lipinski definition) is 2. The second-order valence-electron chi connectivity index (χ2n) is 5.11. The summed E-state index contributed by atoms with van der Waals surface area (Å²) in [5.74, 6) is 1.56. The molecule has 1 aromatic heterocycles. The average Bonchev–Trinajstić information content (AvgIpc) is 3.10. The van der Waals surface area contributed by atoms with Crippen LogP contribution in [-0.2, 0) is 4.74 Å². The Bertz CT molecular complexity index is 472. The van der Waals surface area contributed by atoms with E-state index >= 15 is 0 Å². The van der Waals surface area contributed by atoms with Crippen LogP contribution in [0.1, 0.15) is 29.7 Å². The first-order valence-corrected chi connectivity index (χ1v) is 7.08. The number of nitrogens with one attached hydrogen (secondary N) is 1. The first kappa shape index (κ1) is 14.2. The largest absolute Gasteiger partial charge is 0.389 e. The highest BCUT2D eigenvalue weighted by Crippen LogP contribution is 2.28. The highest BCUT2D eigenvalue weighted by Gasteiger charge is 2.20. The Kier molecular flexibility index (Phi) is 4.71. The molecule has 19 heavy (non-hydrogen) atoms. The van der Waals surface area contributed by atoms with Gasteiger partial charge in [0.05, 0.1) is 12.2 Å². The third kappa shape index (κ3) is 4.14. The molecule has 0 atom stereocenters. The van der Waals surface area contributed by atoms with Gasteiger partial charge in [0, 0.05) is 18.8 Å². The molecule has 5 heteroatoms. The van der Waals surface area contributed by atoms with Crippen LogP contribution in [0.5, 0.6) is 0 Å². The monoisotopic (exact) mass is 279 g/mol. The van der Waals surface area contributed by atoms with Crippen LogP contribution in [0.4, 0.5) is 5.82 Å². The minimum absolute atomic E-state index is 0.381. The molecule has 0 radical (unpaired) electrons. The van der Waals surface area contributed by atoms with E-state index in [2.05, 4.69) is 10.3 Å². The van der Waals surface area contributed by atoms with Crippen molar-refractivity contribution in [3.63, 3.8) is 0 Å². The molecular formula is C14H21N3OS. The number of rotatable bonds is 7. The molecule has 3 N–H and O–H groups in total. The van der Waals surface area contributed by atoms with Gasteiger partial charge in [-0.25, -0.2) is 4.98 Å². The Morgan fingerprint density at radius 3 is 2.89 bits per heavy atom. The molecule has 1 fully saturated rings. The summed E-state index contributed by atoms with van der Waals surface area (Å²) < 4.78 is 5.59. The fraction of sp³-hybridized carbons (Fsp3) is 0.571. The van der Waals surface area contributed by atoms with Crippen LogP contribution in [0, 0.1) is 19.8 Å². The number of nitrogens with two attached hydrogens (primary N) is 1. The number of anilines is 1. The Morgan fingerprint density at radius 1 is 1.53 bits per heavy atom. The minimum Gasteiger partial charge on any atom is -0.389 e. The first-order valence-electron chi connectivity index (χ1n) is 6.67. The smallest absolute Gasteiger partial charge is 0.136 e. The molecule has 2 rings (SSSR count). The van der Waals surface area contributed by atoms with Gasteiger partial charge in [-0.15, -0.1) is 0 Å². The lowest BCUT2D eigenvalue weighted by Gasteiger charge is -2.13. The number of ether oxygens (including phenoxy) is 1. The number of aryl methyl sites for hydroxylation is 2. The van der Waals surface area contributed by atoms with E-state index in [9.17, 15) is 0 Å². The Labute approximate surface area is 119 Å². The van der Waals surface area contributed by atoms with Crippen molar-refractivity contribution < 1.29 is 4.74 Å². The van der Waals surface area contributed by atoms with Crippen LogP contribution in [0.25, 0.3) is 0 Å². The molecule has 0 unspecified atom stereocenters. The molecule has 0 saturated heterocycles. The lowest BCUT2D eigenvalue weighted by atomic mass is 10.1. The van der Waals surface area contributed by atoms with Crippen LogP contribution in [0.15, 0.2) is 6.07 Å². The van der Waals surface area contributed by atoms with Crippen LogP contribution in [-0.4, -0.2) is 29.7 Å². The molecule has 0 aliphatic heterocycles. The zero-order valence-corrected chi connectivity index (χ0v) is 12.3. The number of nitrogens with zero attached hydrogens (tertiary/aromatic N) is 1. The maximum Gasteiger partial charge on any atom is 0.136 e. The maximum atomic E-state index is 5.76. The van der Waals surface area contributed by atoms with Crippen LogP contribution < -0.4 is 11.1 Å². The van der Waals surface area contributed by atoms with Crippen LogP contribution in [0.3, 0.4) is 0 Å². The number of pyridine rings is 1. The van der Waals surface area contributed by atoms with E-state index in [1.54, 1.807) is 0 Å². The van der Waals surface area contributed by atoms with Crippen molar-refractivity contribution in [2.45, 2.75) is 26.7 Å². The van der Waals surface area contributed by atoms with Crippen molar-refractivity contribution in [2.24, 2.45) is 11.7 Å². The summed E-state index contributed by atoms with van der Waals surface area (Å²) in [4.78, 5) is 4.85. The van der Waals surface area contributed by atoms with Gasteiger partial charge in [-0.3, -0.25) is 0 Å². The summed E-state index contributed by atoms with van der Waals surface area (Å²) in [6, 6.07) is 1.99. The number of thiocarbonyl (C=S) groups is 1. The molecule has 104 valence electrons. The summed E-state index contributed by atoms with van der Waals surface area (Å²) in [5.41, 5.74) is 8.61. The summed E-state index contributed by atoms with van der Waals surface area (Å²) in [6.45, 7) is 6.24. The number of hydrogen-bond acceptors (Lipinski definition) is 4. The molecule has 0 spiro atoms. The SMILES string of the molecule is Cc1cc(C)c(C(N)=S)c(NCCOCC2CC2)n1. The normalized spacial score (nSPS) is 14.4. The van der Waals surface area contributed by atoms with Gasteiger partial charge in [-0.1, -0.05) is 12.2 Å². The van der Waals surface area contributed by atoms with E-state index in [0.29, 0.717) is 11.6 Å². The molecule has 1 heterocycles. The van der Waals surface area contributed by atoms with E-state index in [4.69, 9.17) is 22.7 Å². The van der Waals surface area contributed by atoms with Crippen molar-refractivity contribution >= 4 is 23.0 Å². The quantitative estimate of drug-likeness (QED) is 0.592. The third-order valence-corrected chi connectivity index (χ3v) is 3.38. The first-order chi connectivity index (χ1) is 9.08. The molecule has 0 aromatic carbocycles. The summed E-state index contributed by atoms with van der Waals surface area (Å²) in [5, 5.41) is 3.27. The second kappa shape index (κ2) is 6.30. The predicted octanol–water partition coefficient (Wildman–Crippen LogP) is 2.17. The average molecular weight is 279 g/mol. The van der Waals surface area contributed by atoms with Gasteiger partial charge in [-0.05, 0) is 44.2 Å². The summed E-state index contributed by atoms with van der Waals surface area (Å²) in [7, 11) is 0. The molecule has 1 saturated carbocycles. The summed E-state index contributed by atoms with van der Waals surface area (Å²) in [6.07, 6.45) is 2.63. The minimum atomic E-state index is 0.381. The van der Waals surface area contributed by atoms with E-state index < -0.39 is 0 Å². The van der Waals surface area contributed by atoms with Crippen LogP contribution in [0.2, 0.25) is 0 Å². The molecule has 1 aliphatic carbocycles. The van der Waals surface area contributed by atoms with Crippen molar-refractivity contribution in [2.75, 3.05) is 25.1 Å². The fourth-order valence-electron chi connectivity index (χ4n) is 2.05. The molecule has 0 amide bonds. The Morgan fingerprint density at radius 2 is 2.26 bits per heavy atom. The lowest BCUT2D eigenvalue weighted by molar-refractivity contribution is 0.134. The zero-order chi connectivity index (χ0) is 13.8. The van der Waals surface area contributed by atoms with E-state index in [1.165, 1.54) is 12.8 Å². The van der Waals surface area contributed by atoms with Gasteiger partial charge in [0.15, 0.2) is 0 Å². The standard InChI is InChI=1S/C14H21N3OS/c1-9-7-10(2)17-14(12(9)13(15)19)16-5-6-18-8-11-3-4-11/h7,11H,3-6,8H2,1-2H3,(H2,15,19)(H,16,17). The van der Waals surface area contributed by atoms with Crippen LogP contribution >= 0.6 is 12.2 Å². The van der Waals surface area contributed by atoms with Gasteiger partial charge < -0.3 is 15.8 Å². The maximum absolute atomic E-state index is 5.76. The molecule has 0 bridgehead atoms. The Hall–Kier alpha value is -1.20. The highest BCUT2D eigenvalue weighted by atomic mass is 32.1. The lowest BCUT2D eigenvalue weighted by Crippen LogP contribution is -2.19. The van der Waals surface area contributed by atoms with Gasteiger partial charge in [0.25, 0.3) is 0 Å². The molecule has 4 nitrogen and oxygen atoms in total. The van der Waals surface area contributed by atoms with E-state index in [-0.39, 0.29) is 0 Å². The Balaban J connectivity index is 1.91. The fourth-order valence-corrected chi connectivity index (χ4v) is 2.31. The van der Waals surface area contributed by atoms with Crippen molar-refractivity contribution in [1.29, 1.82) is 0 Å². The van der Waals surface area contributed by atoms with Gasteiger partial charge in [-0.2, -0.15) is 0 Å². The topological polar surface area (TPSA) is 60.2 Å². The zero-order valence-electron chi connectivity index (χ0n) is 11.5. The predicted molar refractivity (Wildman–Crippen MR) is 81.6 cm³/mol. The van der Waals surface area contributed by atoms with E-state index in [1.807, 2.05) is 19.9 Å². The second-order valence-corrected chi connectivity index (χ2v) is 5.55. The van der Waals surface area contributed by atoms with Crippen molar-refractivity contribution in [3.8, 4) is 0 Å². The third-order valence-electron chi connectivity index (χ3n) is 3.18. The molecule has 1 aliphatic rings. The van der Waals surface area contributed by atoms with Gasteiger partial charge in [0.1, 0.15) is 10.8 Å². The van der Waals surface area contributed by atoms with Crippen molar-refractivity contribution in [1.82, 2.24) is 4.98 Å². The molecular weight excluding hydrogens is 258 g/mol. The summed E-state index contributed by atoms with van der Waals surface area (Å²) >= 11 is 5.09. The highest BCUT2D eigenvalue weighted by molar-refractivity contribution is 7.80.